The number of nitrogens with zero attached hydrogens (tertiary/aromatic N) is 3. The van der Waals surface area contributed by atoms with Crippen molar-refractivity contribution in [2.24, 2.45) is 0 Å². The van der Waals surface area contributed by atoms with Gasteiger partial charge in [0.2, 0.25) is 5.91 Å². The Bertz CT molecular complexity index is 1200. The summed E-state index contributed by atoms with van der Waals surface area (Å²) < 4.78 is 47.9. The first-order valence-electron chi connectivity index (χ1n) is 10.5. The van der Waals surface area contributed by atoms with Crippen LogP contribution in [0.1, 0.15) is 12.6 Å². The molecular formula is C20H24FN5O5S3. The van der Waals surface area contributed by atoms with Crippen molar-refractivity contribution in [3.05, 3.63) is 29.7 Å². The van der Waals surface area contributed by atoms with Gasteiger partial charge in [0.25, 0.3) is 10.0 Å². The summed E-state index contributed by atoms with van der Waals surface area (Å²) in [6.45, 7) is 4.26. The summed E-state index contributed by atoms with van der Waals surface area (Å²) in [6, 6.07) is 4.62. The molecule has 1 atom stereocenters. The average Bonchev–Trinajstić information content (AvgIpc) is 3.34. The minimum absolute atomic E-state index is 0.0359. The Morgan fingerprint density at radius 3 is 2.74 bits per heavy atom. The van der Waals surface area contributed by atoms with Gasteiger partial charge in [0.15, 0.2) is 9.34 Å². The van der Waals surface area contributed by atoms with Crippen molar-refractivity contribution < 1.29 is 27.1 Å². The van der Waals surface area contributed by atoms with Crippen molar-refractivity contribution in [3.63, 3.8) is 0 Å². The van der Waals surface area contributed by atoms with Crippen molar-refractivity contribution in [1.82, 2.24) is 9.71 Å². The lowest BCUT2D eigenvalue weighted by Crippen LogP contribution is -2.34. The van der Waals surface area contributed by atoms with Crippen LogP contribution >= 0.6 is 23.1 Å². The molecule has 3 heterocycles. The van der Waals surface area contributed by atoms with E-state index in [4.69, 9.17) is 4.74 Å². The van der Waals surface area contributed by atoms with Crippen LogP contribution in [-0.4, -0.2) is 69.2 Å². The van der Waals surface area contributed by atoms with Crippen LogP contribution in [-0.2, 0) is 19.6 Å². The maximum Gasteiger partial charge on any atom is 0.414 e. The van der Waals surface area contributed by atoms with Gasteiger partial charge in [-0.05, 0) is 25.1 Å². The number of benzene rings is 1. The number of hydrogen-bond donors (Lipinski definition) is 2. The van der Waals surface area contributed by atoms with Crippen molar-refractivity contribution in [2.75, 3.05) is 52.8 Å². The predicted molar refractivity (Wildman–Crippen MR) is 130 cm³/mol. The fourth-order valence-electron chi connectivity index (χ4n) is 3.67. The molecule has 14 heteroatoms. The molecule has 1 aromatic carbocycles. The molecule has 34 heavy (non-hydrogen) atoms. The number of anilines is 3. The summed E-state index contributed by atoms with van der Waals surface area (Å²) in [7, 11) is -3.94. The maximum atomic E-state index is 14.8. The standard InChI is InChI=1S/C20H24FN5O5S3/c1-12-18(33-19(23-12)24-13(2)27)34(29,30)22-10-15-11-26(20(28)31-15)14-3-4-17(16(21)9-14)25-5-7-32-8-6-25/h3-4,9,15,22H,5-8,10-11H2,1-2H3,(H,23,24,27)/t15-/m0/s1. The highest BCUT2D eigenvalue weighted by Crippen LogP contribution is 2.30. The molecule has 1 aromatic heterocycles. The number of thiazole rings is 1. The van der Waals surface area contributed by atoms with Crippen LogP contribution in [0, 0.1) is 12.7 Å². The molecule has 0 radical (unpaired) electrons. The topological polar surface area (TPSA) is 121 Å². The van der Waals surface area contributed by atoms with Gasteiger partial charge in [0.05, 0.1) is 23.6 Å². The summed E-state index contributed by atoms with van der Waals surface area (Å²) in [5.41, 5.74) is 1.09. The van der Waals surface area contributed by atoms with E-state index in [1.807, 2.05) is 16.7 Å². The Hall–Kier alpha value is -2.42. The van der Waals surface area contributed by atoms with E-state index in [1.54, 1.807) is 12.1 Å². The van der Waals surface area contributed by atoms with E-state index in [0.717, 1.165) is 35.9 Å². The van der Waals surface area contributed by atoms with E-state index >= 15 is 0 Å². The van der Waals surface area contributed by atoms with Gasteiger partial charge in [0, 0.05) is 38.1 Å². The SMILES string of the molecule is CC(=O)Nc1nc(C)c(S(=O)(=O)NC[C@H]2CN(c3ccc(N4CCSCC4)c(F)c3)C(=O)O2)s1. The van der Waals surface area contributed by atoms with E-state index < -0.39 is 28.0 Å². The highest BCUT2D eigenvalue weighted by Gasteiger charge is 2.34. The van der Waals surface area contributed by atoms with Gasteiger partial charge in [-0.3, -0.25) is 9.69 Å². The molecular weight excluding hydrogens is 505 g/mol. The largest absolute Gasteiger partial charge is 0.443 e. The van der Waals surface area contributed by atoms with E-state index in [9.17, 15) is 22.4 Å². The molecule has 184 valence electrons. The first kappa shape index (κ1) is 24.7. The number of ether oxygens (including phenoxy) is 1. The minimum atomic E-state index is -3.94. The lowest BCUT2D eigenvalue weighted by atomic mass is 10.2. The Kier molecular flexibility index (Phi) is 7.31. The van der Waals surface area contributed by atoms with Crippen LogP contribution in [0.15, 0.2) is 22.4 Å². The van der Waals surface area contributed by atoms with Gasteiger partial charge in [-0.2, -0.15) is 11.8 Å². The van der Waals surface area contributed by atoms with E-state index in [0.29, 0.717) is 11.4 Å². The van der Waals surface area contributed by atoms with Crippen molar-refractivity contribution in [3.8, 4) is 0 Å². The zero-order valence-electron chi connectivity index (χ0n) is 18.5. The number of thioether (sulfide) groups is 1. The molecule has 2 aromatic rings. The number of hydrogen-bond acceptors (Lipinski definition) is 9. The van der Waals surface area contributed by atoms with Gasteiger partial charge in [-0.25, -0.2) is 27.3 Å². The third-order valence-corrected chi connectivity index (χ3v) is 9.30. The van der Waals surface area contributed by atoms with E-state index in [1.165, 1.54) is 24.8 Å². The summed E-state index contributed by atoms with van der Waals surface area (Å²) in [4.78, 5) is 30.9. The number of sulfonamides is 1. The zero-order valence-corrected chi connectivity index (χ0v) is 21.0. The number of carbonyl (C=O) groups excluding carboxylic acids is 2. The summed E-state index contributed by atoms with van der Waals surface area (Å²) in [5, 5.41) is 2.64. The second-order valence-electron chi connectivity index (χ2n) is 7.78. The molecule has 2 amide bonds. The van der Waals surface area contributed by atoms with Crippen molar-refractivity contribution in [2.45, 2.75) is 24.2 Å². The highest BCUT2D eigenvalue weighted by molar-refractivity contribution is 7.99. The highest BCUT2D eigenvalue weighted by atomic mass is 32.2. The molecule has 10 nitrogen and oxygen atoms in total. The number of cyclic esters (lactones) is 1. The Morgan fingerprint density at radius 1 is 1.32 bits per heavy atom. The summed E-state index contributed by atoms with van der Waals surface area (Å²) in [6.07, 6.45) is -1.43. The molecule has 0 aliphatic carbocycles. The summed E-state index contributed by atoms with van der Waals surface area (Å²) >= 11 is 2.66. The normalized spacial score (nSPS) is 18.8. The lowest BCUT2D eigenvalue weighted by Gasteiger charge is -2.29. The van der Waals surface area contributed by atoms with Crippen LogP contribution < -0.4 is 19.8 Å². The molecule has 2 N–H and O–H groups in total. The van der Waals surface area contributed by atoms with Crippen LogP contribution in [0.2, 0.25) is 0 Å². The van der Waals surface area contributed by atoms with Crippen LogP contribution in [0.5, 0.6) is 0 Å². The molecule has 2 aliphatic heterocycles. The number of aromatic nitrogens is 1. The minimum Gasteiger partial charge on any atom is -0.443 e. The van der Waals surface area contributed by atoms with Crippen LogP contribution in [0.25, 0.3) is 0 Å². The van der Waals surface area contributed by atoms with Crippen LogP contribution in [0.4, 0.5) is 25.7 Å². The smallest absolute Gasteiger partial charge is 0.414 e. The molecule has 2 saturated heterocycles. The molecule has 2 fully saturated rings. The second kappa shape index (κ2) is 10.1. The first-order valence-corrected chi connectivity index (χ1v) is 13.9. The Morgan fingerprint density at radius 2 is 2.06 bits per heavy atom. The molecule has 0 spiro atoms. The fraction of sp³-hybridized carbons (Fsp3) is 0.450. The predicted octanol–water partition coefficient (Wildman–Crippen LogP) is 2.41. The lowest BCUT2D eigenvalue weighted by molar-refractivity contribution is -0.114. The molecule has 0 saturated carbocycles. The number of amides is 2. The quantitative estimate of drug-likeness (QED) is 0.561. The van der Waals surface area contributed by atoms with Gasteiger partial charge in [0.1, 0.15) is 11.9 Å². The third-order valence-electron chi connectivity index (χ3n) is 5.25. The van der Waals surface area contributed by atoms with E-state index in [-0.39, 0.29) is 34.0 Å². The van der Waals surface area contributed by atoms with Crippen molar-refractivity contribution >= 4 is 61.6 Å². The number of aryl methyl sites for hydroxylation is 1. The first-order chi connectivity index (χ1) is 16.1. The molecule has 4 rings (SSSR count). The zero-order chi connectivity index (χ0) is 24.5. The Balaban J connectivity index is 1.40. The average molecular weight is 530 g/mol. The molecule has 2 aliphatic rings. The van der Waals surface area contributed by atoms with Gasteiger partial charge in [-0.15, -0.1) is 0 Å². The molecule has 0 bridgehead atoms. The number of nitrogens with one attached hydrogen (secondary N) is 2. The second-order valence-corrected chi connectivity index (χ2v) is 12.0. The fourth-order valence-corrected chi connectivity index (χ4v) is 7.14. The molecule has 0 unspecified atom stereocenters. The Labute approximate surface area is 204 Å². The van der Waals surface area contributed by atoms with E-state index in [2.05, 4.69) is 15.0 Å². The third kappa shape index (κ3) is 5.45. The van der Waals surface area contributed by atoms with Crippen molar-refractivity contribution in [1.29, 1.82) is 0 Å². The monoisotopic (exact) mass is 529 g/mol. The van der Waals surface area contributed by atoms with Gasteiger partial charge in [-0.1, -0.05) is 11.3 Å². The number of rotatable bonds is 7. The number of carbonyl (C=O) groups is 2. The van der Waals surface area contributed by atoms with Gasteiger partial charge >= 0.3 is 6.09 Å². The van der Waals surface area contributed by atoms with Gasteiger partial charge < -0.3 is 15.0 Å². The number of halogens is 1. The summed E-state index contributed by atoms with van der Waals surface area (Å²) in [5.74, 6) is 1.10. The van der Waals surface area contributed by atoms with Crippen LogP contribution in [0.3, 0.4) is 0 Å². The maximum absolute atomic E-state index is 14.8.